The van der Waals surface area contributed by atoms with E-state index in [2.05, 4.69) is 4.98 Å². The summed E-state index contributed by atoms with van der Waals surface area (Å²) < 4.78 is 51.3. The smallest absolute Gasteiger partial charge is 0.326 e. The molecule has 6 heteroatoms. The second-order valence-corrected chi connectivity index (χ2v) is 3.94. The number of pyridine rings is 1. The van der Waals surface area contributed by atoms with Crippen LogP contribution in [0.2, 0.25) is 0 Å². The molecule has 0 unspecified atom stereocenters. The van der Waals surface area contributed by atoms with Crippen LogP contribution in [0.3, 0.4) is 0 Å². The van der Waals surface area contributed by atoms with Gasteiger partial charge in [-0.1, -0.05) is 0 Å². The average molecular weight is 270 g/mol. The predicted octanol–water partition coefficient (Wildman–Crippen LogP) is 3.37. The molecule has 2 rings (SSSR count). The van der Waals surface area contributed by atoms with Crippen LogP contribution in [0.15, 0.2) is 36.5 Å². The Hall–Kier alpha value is -1.95. The summed E-state index contributed by atoms with van der Waals surface area (Å²) in [4.78, 5) is 3.92. The Morgan fingerprint density at radius 3 is 2.26 bits per heavy atom. The first-order valence-electron chi connectivity index (χ1n) is 5.44. The third kappa shape index (κ3) is 2.90. The van der Waals surface area contributed by atoms with E-state index in [0.29, 0.717) is 5.56 Å². The maximum absolute atomic E-state index is 12.9. The van der Waals surface area contributed by atoms with Crippen LogP contribution in [0, 0.1) is 5.82 Å². The standard InChI is InChI=1S/C13H10F4N2/c14-10-3-1-8(2-4-10)12-5-11(13(15,16)17)9(6-18)7-19-12/h1-5,7H,6,18H2. The van der Waals surface area contributed by atoms with Gasteiger partial charge in [-0.2, -0.15) is 13.2 Å². The van der Waals surface area contributed by atoms with Gasteiger partial charge in [0.05, 0.1) is 11.3 Å². The Kier molecular flexibility index (Phi) is 3.53. The Labute approximate surface area is 106 Å². The summed E-state index contributed by atoms with van der Waals surface area (Å²) in [6.45, 7) is -0.245. The van der Waals surface area contributed by atoms with Crippen LogP contribution in [-0.2, 0) is 12.7 Å². The van der Waals surface area contributed by atoms with E-state index in [0.717, 1.165) is 12.3 Å². The van der Waals surface area contributed by atoms with Crippen molar-refractivity contribution in [3.05, 3.63) is 53.5 Å². The zero-order valence-electron chi connectivity index (χ0n) is 9.71. The topological polar surface area (TPSA) is 38.9 Å². The highest BCUT2D eigenvalue weighted by atomic mass is 19.4. The van der Waals surface area contributed by atoms with E-state index in [1.807, 2.05) is 0 Å². The monoisotopic (exact) mass is 270 g/mol. The van der Waals surface area contributed by atoms with Gasteiger partial charge in [0.15, 0.2) is 0 Å². The maximum Gasteiger partial charge on any atom is 0.416 e. The SMILES string of the molecule is NCc1cnc(-c2ccc(F)cc2)cc1C(F)(F)F. The van der Waals surface area contributed by atoms with E-state index in [1.54, 1.807) is 0 Å². The highest BCUT2D eigenvalue weighted by Gasteiger charge is 2.33. The molecule has 1 heterocycles. The van der Waals surface area contributed by atoms with Crippen molar-refractivity contribution in [2.75, 3.05) is 0 Å². The van der Waals surface area contributed by atoms with Crippen LogP contribution in [0.25, 0.3) is 11.3 Å². The summed E-state index contributed by atoms with van der Waals surface area (Å²) in [7, 11) is 0. The van der Waals surface area contributed by atoms with Gasteiger partial charge in [-0.25, -0.2) is 4.39 Å². The minimum atomic E-state index is -4.49. The van der Waals surface area contributed by atoms with Gasteiger partial charge < -0.3 is 5.73 Å². The van der Waals surface area contributed by atoms with Crippen LogP contribution < -0.4 is 5.73 Å². The fraction of sp³-hybridized carbons (Fsp3) is 0.154. The number of alkyl halides is 3. The van der Waals surface area contributed by atoms with Gasteiger partial charge in [0, 0.05) is 18.3 Å². The minimum Gasteiger partial charge on any atom is -0.326 e. The quantitative estimate of drug-likeness (QED) is 0.850. The molecule has 0 saturated heterocycles. The Morgan fingerprint density at radius 2 is 1.74 bits per heavy atom. The molecule has 0 saturated carbocycles. The normalized spacial score (nSPS) is 11.6. The van der Waals surface area contributed by atoms with E-state index in [1.165, 1.54) is 24.3 Å². The molecule has 0 radical (unpaired) electrons. The van der Waals surface area contributed by atoms with Crippen molar-refractivity contribution in [2.24, 2.45) is 5.73 Å². The molecule has 0 atom stereocenters. The number of halogens is 4. The highest BCUT2D eigenvalue weighted by Crippen LogP contribution is 2.33. The lowest BCUT2D eigenvalue weighted by Crippen LogP contribution is -2.12. The number of benzene rings is 1. The molecule has 0 aliphatic heterocycles. The molecule has 0 aliphatic carbocycles. The molecule has 0 aliphatic rings. The third-order valence-corrected chi connectivity index (χ3v) is 2.65. The fourth-order valence-corrected chi connectivity index (χ4v) is 1.69. The van der Waals surface area contributed by atoms with Gasteiger partial charge in [-0.3, -0.25) is 4.98 Å². The summed E-state index contributed by atoms with van der Waals surface area (Å²) in [5, 5.41) is 0. The summed E-state index contributed by atoms with van der Waals surface area (Å²) in [5.74, 6) is -0.460. The lowest BCUT2D eigenvalue weighted by atomic mass is 10.0. The van der Waals surface area contributed by atoms with Crippen molar-refractivity contribution >= 4 is 0 Å². The second kappa shape index (κ2) is 4.97. The van der Waals surface area contributed by atoms with Crippen LogP contribution in [-0.4, -0.2) is 4.98 Å². The molecule has 0 bridgehead atoms. The van der Waals surface area contributed by atoms with Crippen molar-refractivity contribution < 1.29 is 17.6 Å². The molecule has 1 aromatic heterocycles. The van der Waals surface area contributed by atoms with Gasteiger partial charge in [0.1, 0.15) is 5.82 Å². The molecule has 0 amide bonds. The van der Waals surface area contributed by atoms with Crippen LogP contribution in [0.4, 0.5) is 17.6 Å². The first-order valence-corrected chi connectivity index (χ1v) is 5.44. The van der Waals surface area contributed by atoms with Gasteiger partial charge >= 0.3 is 6.18 Å². The van der Waals surface area contributed by atoms with E-state index >= 15 is 0 Å². The number of nitrogens with two attached hydrogens (primary N) is 1. The summed E-state index contributed by atoms with van der Waals surface area (Å²) in [6.07, 6.45) is -3.39. The fourth-order valence-electron chi connectivity index (χ4n) is 1.69. The van der Waals surface area contributed by atoms with Crippen LogP contribution in [0.1, 0.15) is 11.1 Å². The Morgan fingerprint density at radius 1 is 1.11 bits per heavy atom. The van der Waals surface area contributed by atoms with Gasteiger partial charge in [0.25, 0.3) is 0 Å². The molecule has 1 aromatic carbocycles. The van der Waals surface area contributed by atoms with Gasteiger partial charge in [-0.15, -0.1) is 0 Å². The minimum absolute atomic E-state index is 0.0710. The van der Waals surface area contributed by atoms with E-state index in [4.69, 9.17) is 5.73 Å². The zero-order valence-corrected chi connectivity index (χ0v) is 9.71. The van der Waals surface area contributed by atoms with Crippen LogP contribution in [0.5, 0.6) is 0 Å². The number of hydrogen-bond acceptors (Lipinski definition) is 2. The van der Waals surface area contributed by atoms with E-state index in [-0.39, 0.29) is 17.8 Å². The van der Waals surface area contributed by atoms with E-state index in [9.17, 15) is 17.6 Å². The molecule has 19 heavy (non-hydrogen) atoms. The van der Waals surface area contributed by atoms with Crippen molar-refractivity contribution in [3.63, 3.8) is 0 Å². The first-order chi connectivity index (χ1) is 8.91. The number of nitrogens with zero attached hydrogens (tertiary/aromatic N) is 1. The second-order valence-electron chi connectivity index (χ2n) is 3.94. The lowest BCUT2D eigenvalue weighted by molar-refractivity contribution is -0.138. The molecular formula is C13H10F4N2. The zero-order chi connectivity index (χ0) is 14.0. The summed E-state index contributed by atoms with van der Waals surface area (Å²) in [5.41, 5.74) is 4.92. The van der Waals surface area contributed by atoms with Crippen molar-refractivity contribution in [2.45, 2.75) is 12.7 Å². The number of rotatable bonds is 2. The highest BCUT2D eigenvalue weighted by molar-refractivity contribution is 5.60. The molecule has 0 fully saturated rings. The third-order valence-electron chi connectivity index (χ3n) is 2.65. The van der Waals surface area contributed by atoms with Gasteiger partial charge in [-0.05, 0) is 35.9 Å². The van der Waals surface area contributed by atoms with Gasteiger partial charge in [0.2, 0.25) is 0 Å². The van der Waals surface area contributed by atoms with E-state index < -0.39 is 17.6 Å². The van der Waals surface area contributed by atoms with Crippen molar-refractivity contribution in [3.8, 4) is 11.3 Å². The summed E-state index contributed by atoms with van der Waals surface area (Å²) in [6, 6.07) is 6.01. The molecular weight excluding hydrogens is 260 g/mol. The maximum atomic E-state index is 12.9. The molecule has 2 aromatic rings. The molecule has 2 N–H and O–H groups in total. The number of aromatic nitrogens is 1. The molecule has 0 spiro atoms. The average Bonchev–Trinajstić information content (AvgIpc) is 2.38. The Bertz CT molecular complexity index is 576. The molecule has 100 valence electrons. The first kappa shape index (κ1) is 13.5. The predicted molar refractivity (Wildman–Crippen MR) is 62.5 cm³/mol. The number of hydrogen-bond donors (Lipinski definition) is 1. The van der Waals surface area contributed by atoms with Crippen molar-refractivity contribution in [1.82, 2.24) is 4.98 Å². The Balaban J connectivity index is 2.52. The molecule has 2 nitrogen and oxygen atoms in total. The largest absolute Gasteiger partial charge is 0.416 e. The summed E-state index contributed by atoms with van der Waals surface area (Å²) >= 11 is 0. The van der Waals surface area contributed by atoms with Crippen LogP contribution >= 0.6 is 0 Å². The van der Waals surface area contributed by atoms with Crippen molar-refractivity contribution in [1.29, 1.82) is 0 Å². The lowest BCUT2D eigenvalue weighted by Gasteiger charge is -2.12.